The number of hydrogen-bond acceptors (Lipinski definition) is 2. The maximum absolute atomic E-state index is 6.31. The van der Waals surface area contributed by atoms with Crippen LogP contribution < -0.4 is 24.8 Å². The summed E-state index contributed by atoms with van der Waals surface area (Å²) in [4.78, 5) is 0. The Morgan fingerprint density at radius 3 is 1.38 bits per heavy atom. The Bertz CT molecular complexity index is 669. The fraction of sp³-hybridized carbons (Fsp3) is 0.680. The average Bonchev–Trinajstić information content (AvgIpc) is 3.12. The molecule has 2 nitrogen and oxygen atoms in total. The third-order valence-electron chi connectivity index (χ3n) is 5.33. The quantitative estimate of drug-likeness (QED) is 0.282. The molecule has 0 amide bonds. The van der Waals surface area contributed by atoms with E-state index in [9.17, 15) is 0 Å². The molecule has 2 rings (SSSR count). The van der Waals surface area contributed by atoms with E-state index in [1.807, 2.05) is 0 Å². The van der Waals surface area contributed by atoms with Crippen LogP contribution in [-0.2, 0) is 35.1 Å². The SMILES string of the molecule is CC(CC1=[C-]CC=C1C(C)(C)C1=CC[C-]=C1CC(C)O[Si](C)(C)C)O[Si](C)(C)C.[Cl-].[Cl-].[Zr+4]. The molecular weight excluding hydrogens is 551 g/mol. The van der Waals surface area contributed by atoms with Gasteiger partial charge in [0.05, 0.1) is 0 Å². The molecule has 0 aromatic rings. The van der Waals surface area contributed by atoms with Crippen LogP contribution in [0.3, 0.4) is 0 Å². The van der Waals surface area contributed by atoms with Gasteiger partial charge < -0.3 is 33.7 Å². The minimum atomic E-state index is -1.53. The van der Waals surface area contributed by atoms with Gasteiger partial charge in [0.2, 0.25) is 0 Å². The smallest absolute Gasteiger partial charge is 1.00 e. The first kappa shape index (κ1) is 34.9. The van der Waals surface area contributed by atoms with Crippen molar-refractivity contribution in [3.63, 3.8) is 0 Å². The van der Waals surface area contributed by atoms with Crippen LogP contribution in [0.1, 0.15) is 53.4 Å². The van der Waals surface area contributed by atoms with Crippen molar-refractivity contribution in [2.45, 2.75) is 105 Å². The van der Waals surface area contributed by atoms with Gasteiger partial charge >= 0.3 is 26.2 Å². The van der Waals surface area contributed by atoms with E-state index in [2.05, 4.69) is 91.3 Å². The Labute approximate surface area is 232 Å². The molecule has 2 atom stereocenters. The Balaban J connectivity index is 0. The van der Waals surface area contributed by atoms with Gasteiger partial charge in [-0.2, -0.15) is 12.2 Å². The third kappa shape index (κ3) is 10.6. The first-order chi connectivity index (χ1) is 13.2. The van der Waals surface area contributed by atoms with E-state index in [-0.39, 0.29) is 68.6 Å². The van der Waals surface area contributed by atoms with Gasteiger partial charge in [0.25, 0.3) is 0 Å². The maximum Gasteiger partial charge on any atom is 4.00 e. The Morgan fingerprint density at radius 2 is 1.09 bits per heavy atom. The molecule has 180 valence electrons. The average molecular weight is 593 g/mol. The minimum absolute atomic E-state index is 0. The number of rotatable bonds is 10. The second-order valence-corrected chi connectivity index (χ2v) is 20.0. The summed E-state index contributed by atoms with van der Waals surface area (Å²) in [6.07, 6.45) is 16.2. The van der Waals surface area contributed by atoms with Crippen molar-refractivity contribution in [1.29, 1.82) is 0 Å². The molecule has 0 saturated carbocycles. The molecule has 0 aromatic carbocycles. The topological polar surface area (TPSA) is 18.5 Å². The molecule has 0 N–H and O–H groups in total. The molecule has 0 aromatic heterocycles. The third-order valence-corrected chi connectivity index (χ3v) is 7.55. The largest absolute Gasteiger partial charge is 4.00 e. The Kier molecular flexibility index (Phi) is 15.0. The second-order valence-electron chi connectivity index (χ2n) is 11.1. The monoisotopic (exact) mass is 590 g/mol. The van der Waals surface area contributed by atoms with E-state index in [4.69, 9.17) is 8.85 Å². The van der Waals surface area contributed by atoms with E-state index in [1.54, 1.807) is 0 Å². The second kappa shape index (κ2) is 13.8. The van der Waals surface area contributed by atoms with Crippen molar-refractivity contribution in [1.82, 2.24) is 0 Å². The minimum Gasteiger partial charge on any atom is -1.00 e. The first-order valence-corrected chi connectivity index (χ1v) is 18.0. The fourth-order valence-electron chi connectivity index (χ4n) is 4.63. The van der Waals surface area contributed by atoms with Crippen LogP contribution in [0.25, 0.3) is 0 Å². The zero-order valence-corrected chi connectivity index (χ0v) is 27.7. The van der Waals surface area contributed by atoms with Crippen molar-refractivity contribution in [2.24, 2.45) is 5.41 Å². The summed E-state index contributed by atoms with van der Waals surface area (Å²) >= 11 is 0. The van der Waals surface area contributed by atoms with Crippen LogP contribution in [0.2, 0.25) is 39.3 Å². The van der Waals surface area contributed by atoms with E-state index in [0.717, 1.165) is 25.7 Å². The van der Waals surface area contributed by atoms with Crippen LogP contribution in [0, 0.1) is 17.6 Å². The molecule has 0 spiro atoms. The summed E-state index contributed by atoms with van der Waals surface area (Å²) in [6, 6.07) is 0. The predicted molar refractivity (Wildman–Crippen MR) is 130 cm³/mol. The number of allylic oxidation sites excluding steroid dienone is 6. The normalized spacial score (nSPS) is 18.3. The van der Waals surface area contributed by atoms with Crippen molar-refractivity contribution in [3.05, 3.63) is 46.6 Å². The molecule has 0 saturated heterocycles. The van der Waals surface area contributed by atoms with Gasteiger partial charge in [0.1, 0.15) is 0 Å². The molecule has 7 heteroatoms. The van der Waals surface area contributed by atoms with Gasteiger partial charge in [-0.3, -0.25) is 12.2 Å². The Morgan fingerprint density at radius 1 is 0.781 bits per heavy atom. The summed E-state index contributed by atoms with van der Waals surface area (Å²) < 4.78 is 12.6. The summed E-state index contributed by atoms with van der Waals surface area (Å²) in [5.41, 5.74) is 5.51. The van der Waals surface area contributed by atoms with E-state index >= 15 is 0 Å². The molecule has 0 fully saturated rings. The molecular formula is C25H42Cl2O2Si2Zr. The first-order valence-electron chi connectivity index (χ1n) is 11.2. The number of halogens is 2. The molecule has 0 bridgehead atoms. The summed E-state index contributed by atoms with van der Waals surface area (Å²) in [6.45, 7) is 22.7. The van der Waals surface area contributed by atoms with Gasteiger partial charge in [-0.05, 0) is 66.0 Å². The van der Waals surface area contributed by atoms with Crippen LogP contribution in [0.15, 0.2) is 34.4 Å². The van der Waals surface area contributed by atoms with Crippen molar-refractivity contribution < 1.29 is 59.9 Å². The van der Waals surface area contributed by atoms with Crippen LogP contribution >= 0.6 is 0 Å². The predicted octanol–water partition coefficient (Wildman–Crippen LogP) is 1.40. The van der Waals surface area contributed by atoms with Crippen LogP contribution in [0.5, 0.6) is 0 Å². The molecule has 0 aliphatic heterocycles. The molecule has 0 radical (unpaired) electrons. The zero-order chi connectivity index (χ0) is 22.0. The van der Waals surface area contributed by atoms with E-state index < -0.39 is 16.6 Å². The summed E-state index contributed by atoms with van der Waals surface area (Å²) in [5.74, 6) is 0. The van der Waals surface area contributed by atoms with Crippen LogP contribution in [0.4, 0.5) is 0 Å². The van der Waals surface area contributed by atoms with Crippen molar-refractivity contribution in [3.8, 4) is 0 Å². The van der Waals surface area contributed by atoms with Gasteiger partial charge in [0, 0.05) is 12.2 Å². The zero-order valence-electron chi connectivity index (χ0n) is 21.7. The summed E-state index contributed by atoms with van der Waals surface area (Å²) in [5, 5.41) is 0. The standard InChI is InChI=1S/C25H42O2Si2.2ClH.Zr/c1-19(26-28(5,6)7)17-21-13-11-15-23(21)25(3,4)24-16-12-14-22(24)18-20(2)27-29(8,9)10;;;/h15-16,19-20H,11-12,17-18H2,1-10H3;2*1H;/q-2;;;+4/p-2. The van der Waals surface area contributed by atoms with E-state index in [0.29, 0.717) is 0 Å². The van der Waals surface area contributed by atoms with Crippen molar-refractivity contribution >= 4 is 16.6 Å². The fourth-order valence-corrected chi connectivity index (χ4v) is 7.21. The van der Waals surface area contributed by atoms with Gasteiger partial charge in [-0.1, -0.05) is 13.8 Å². The number of hydrogen-bond donors (Lipinski definition) is 0. The molecule has 0 heterocycles. The molecule has 32 heavy (non-hydrogen) atoms. The van der Waals surface area contributed by atoms with E-state index in [1.165, 1.54) is 22.3 Å². The van der Waals surface area contributed by atoms with Gasteiger partial charge in [-0.25, -0.2) is 22.3 Å². The van der Waals surface area contributed by atoms with Crippen LogP contribution in [-0.4, -0.2) is 28.8 Å². The molecule has 2 unspecified atom stereocenters. The molecule has 2 aliphatic carbocycles. The maximum atomic E-state index is 6.31. The van der Waals surface area contributed by atoms with Gasteiger partial charge in [0.15, 0.2) is 16.6 Å². The summed E-state index contributed by atoms with van der Waals surface area (Å²) in [7, 11) is -3.06. The van der Waals surface area contributed by atoms with Gasteiger partial charge in [-0.15, -0.1) is 18.3 Å². The van der Waals surface area contributed by atoms with Crippen molar-refractivity contribution in [2.75, 3.05) is 0 Å². The molecule has 2 aliphatic rings. The Hall–Kier alpha value is 0.777.